The third kappa shape index (κ3) is 30.9. The predicted octanol–water partition coefficient (Wildman–Crippen LogP) is 22.8. The van der Waals surface area contributed by atoms with E-state index >= 15 is 0 Å². The predicted molar refractivity (Wildman–Crippen MR) is 430 cm³/mol. The maximum Gasteiger partial charge on any atom is 0.236 e. The molecule has 0 aliphatic heterocycles. The Morgan fingerprint density at radius 1 is 0.192 bits per heavy atom. The van der Waals surface area contributed by atoms with E-state index in [0.29, 0.717) is 46.0 Å². The van der Waals surface area contributed by atoms with E-state index in [-0.39, 0.29) is 43.3 Å². The van der Waals surface area contributed by atoms with Crippen LogP contribution < -0.4 is 58.6 Å². The van der Waals surface area contributed by atoms with E-state index < -0.39 is 62.9 Å². The van der Waals surface area contributed by atoms with Crippen LogP contribution in [0.4, 0.5) is 0 Å². The Hall–Kier alpha value is -4.33. The minimum atomic E-state index is -3.42. The molecule has 4 aromatic rings. The van der Waals surface area contributed by atoms with Crippen LogP contribution in [-0.2, 0) is 4.12 Å². The zero-order chi connectivity index (χ0) is 76.6. The Bertz CT molecular complexity index is 2830. The molecule has 0 atom stereocenters. The SMILES string of the molecule is CC(C)(C)CC(C)(C)Oc1cccc([SiH](O[SiH](c2cccc(OC(C)(C)CC(C)(C)C)c2OC(C)(C)CC(C)(C)C)c2cccc(OC(C)(C)CC(C)(C)C)c2OC(C)(C)CC(C)(C)C)c2cccc(OC(C)(C)CC(C)(C)C)c2OC(C)(C)CC(C)(C)C)c1OC(C)(C)CC(C)(C)C. The van der Waals surface area contributed by atoms with Gasteiger partial charge in [-0.15, -0.1) is 0 Å². The summed E-state index contributed by atoms with van der Waals surface area (Å²) in [4.78, 5) is 0. The smallest absolute Gasteiger partial charge is 0.236 e. The summed E-state index contributed by atoms with van der Waals surface area (Å²) >= 11 is 0. The van der Waals surface area contributed by atoms with Gasteiger partial charge in [-0.3, -0.25) is 0 Å². The first kappa shape index (κ1) is 87.1. The number of para-hydroxylation sites is 4. The van der Waals surface area contributed by atoms with Gasteiger partial charge >= 0.3 is 0 Å². The van der Waals surface area contributed by atoms with Gasteiger partial charge in [0.2, 0.25) is 18.1 Å². The van der Waals surface area contributed by atoms with Crippen LogP contribution in [0.1, 0.15) is 328 Å². The summed E-state index contributed by atoms with van der Waals surface area (Å²) in [5.41, 5.74) is -5.83. The van der Waals surface area contributed by atoms with Crippen molar-refractivity contribution in [3.63, 3.8) is 0 Å². The summed E-state index contributed by atoms with van der Waals surface area (Å²) in [6.07, 6.45) is 6.12. The molecule has 0 spiro atoms. The molecule has 0 aliphatic rings. The van der Waals surface area contributed by atoms with Crippen LogP contribution in [0.25, 0.3) is 0 Å². The Labute approximate surface area is 612 Å². The molecule has 0 heterocycles. The van der Waals surface area contributed by atoms with Gasteiger partial charge in [-0.25, -0.2) is 0 Å². The fourth-order valence-electron chi connectivity index (χ4n) is 17.3. The van der Waals surface area contributed by atoms with Crippen LogP contribution in [0.2, 0.25) is 0 Å². The van der Waals surface area contributed by atoms with Crippen molar-refractivity contribution in [1.29, 1.82) is 0 Å². The van der Waals surface area contributed by atoms with Gasteiger partial charge in [0, 0.05) is 20.7 Å². The lowest BCUT2D eigenvalue weighted by Crippen LogP contribution is -2.58. The first-order chi connectivity index (χ1) is 43.8. The van der Waals surface area contributed by atoms with Crippen LogP contribution in [0.5, 0.6) is 46.0 Å². The summed E-state index contributed by atoms with van der Waals surface area (Å²) < 4.78 is 70.6. The minimum Gasteiger partial charge on any atom is -0.484 e. The number of ether oxygens (including phenoxy) is 8. The summed E-state index contributed by atoms with van der Waals surface area (Å²) in [6, 6.07) is 25.9. The molecule has 4 rings (SSSR count). The highest BCUT2D eigenvalue weighted by Gasteiger charge is 2.45. The third-order valence-corrected chi connectivity index (χ3v) is 22.4. The molecule has 9 nitrogen and oxygen atoms in total. The van der Waals surface area contributed by atoms with Crippen LogP contribution >= 0.6 is 0 Å². The molecule has 0 bridgehead atoms. The van der Waals surface area contributed by atoms with E-state index in [2.05, 4.69) is 350 Å². The second kappa shape index (κ2) is 30.4. The van der Waals surface area contributed by atoms with Gasteiger partial charge in [0.25, 0.3) is 0 Å². The topological polar surface area (TPSA) is 83.1 Å². The van der Waals surface area contributed by atoms with Crippen LogP contribution in [0, 0.1) is 43.3 Å². The number of rotatable bonds is 30. The van der Waals surface area contributed by atoms with Crippen molar-refractivity contribution >= 4 is 38.8 Å². The minimum absolute atomic E-state index is 0.0526. The van der Waals surface area contributed by atoms with E-state index in [9.17, 15) is 0 Å². The molecule has 564 valence electrons. The van der Waals surface area contributed by atoms with Crippen molar-refractivity contribution in [1.82, 2.24) is 0 Å². The zero-order valence-corrected chi connectivity index (χ0v) is 73.7. The van der Waals surface area contributed by atoms with Crippen molar-refractivity contribution in [3.05, 3.63) is 72.8 Å². The Morgan fingerprint density at radius 2 is 0.323 bits per heavy atom. The second-order valence-electron chi connectivity index (χ2n) is 44.4. The summed E-state index contributed by atoms with van der Waals surface area (Å²) in [5, 5.41) is 3.64. The molecule has 0 fully saturated rings. The van der Waals surface area contributed by atoms with Gasteiger partial charge < -0.3 is 42.0 Å². The number of benzene rings is 4. The highest BCUT2D eigenvalue weighted by Crippen LogP contribution is 2.46. The molecule has 0 aliphatic carbocycles. The first-order valence-corrected chi connectivity index (χ1v) is 40.8. The molecule has 0 saturated heterocycles. The highest BCUT2D eigenvalue weighted by atomic mass is 28.4. The maximum absolute atomic E-state index is 9.02. The van der Waals surface area contributed by atoms with E-state index in [4.69, 9.17) is 42.0 Å². The Kier molecular flexibility index (Phi) is 26.7. The van der Waals surface area contributed by atoms with Gasteiger partial charge in [-0.05, 0) is 230 Å². The second-order valence-corrected chi connectivity index (χ2v) is 49.5. The molecular weight excluding hydrogens is 1260 g/mol. The van der Waals surface area contributed by atoms with Crippen molar-refractivity contribution < 1.29 is 42.0 Å². The lowest BCUT2D eigenvalue weighted by molar-refractivity contribution is 0.0363. The summed E-state index contributed by atoms with van der Waals surface area (Å²) in [6.45, 7) is 90.2. The molecule has 0 radical (unpaired) electrons. The normalized spacial score (nSPS) is 14.4. The highest BCUT2D eigenvalue weighted by molar-refractivity contribution is 6.93. The molecule has 11 heteroatoms. The van der Waals surface area contributed by atoms with Crippen molar-refractivity contribution in [2.75, 3.05) is 0 Å². The monoisotopic (exact) mass is 1410 g/mol. The summed E-state index contributed by atoms with van der Waals surface area (Å²) in [5.74, 6) is 5.26. The standard InChI is InChI=1S/C88H150O9Si2/c1-73(2,3)53-81(25,26)89-61-45-41-49-65(69(61)93-85(33,34)57-77(13,14)15)98(66-50-42-46-62(90-82(27,28)54-74(4,5)6)70(66)94-86(35,36)58-78(16,17)18)97-99(67-51-43-47-63(91-83(29,30)55-75(7,8)9)71(67)95-87(37,38)59-79(19,20)21)68-52-44-48-64(92-84(31,32)56-76(10,11)12)72(68)96-88(39,40)60-80(22,23)24/h41-52,98-99H,53-60H2,1-40H3. The quantitative estimate of drug-likeness (QED) is 0.0474. The van der Waals surface area contributed by atoms with E-state index in [1.807, 2.05) is 0 Å². The maximum atomic E-state index is 9.02. The lowest BCUT2D eigenvalue weighted by atomic mass is 9.83. The third-order valence-electron chi connectivity index (χ3n) is 16.1. The van der Waals surface area contributed by atoms with Crippen molar-refractivity contribution in [2.24, 2.45) is 43.3 Å². The van der Waals surface area contributed by atoms with Crippen molar-refractivity contribution in [2.45, 2.75) is 373 Å². The van der Waals surface area contributed by atoms with Gasteiger partial charge in [-0.1, -0.05) is 215 Å². The molecule has 0 amide bonds. The van der Waals surface area contributed by atoms with Crippen LogP contribution in [-0.4, -0.2) is 62.9 Å². The van der Waals surface area contributed by atoms with E-state index in [0.717, 1.165) is 72.1 Å². The average Bonchev–Trinajstić information content (AvgIpc) is 0.754. The molecular formula is C88H150O9Si2. The average molecular weight is 1410 g/mol. The molecule has 0 aromatic heterocycles. The molecule has 4 aromatic carbocycles. The lowest BCUT2D eigenvalue weighted by Gasteiger charge is -2.40. The van der Waals surface area contributed by atoms with E-state index in [1.54, 1.807) is 0 Å². The van der Waals surface area contributed by atoms with Gasteiger partial charge in [-0.2, -0.15) is 0 Å². The van der Waals surface area contributed by atoms with Gasteiger partial charge in [0.15, 0.2) is 46.0 Å². The van der Waals surface area contributed by atoms with E-state index in [1.165, 1.54) is 0 Å². The van der Waals surface area contributed by atoms with Gasteiger partial charge in [0.05, 0.1) is 0 Å². The molecule has 99 heavy (non-hydrogen) atoms. The Morgan fingerprint density at radius 3 is 0.455 bits per heavy atom. The number of hydrogen-bond donors (Lipinski definition) is 0. The molecule has 0 N–H and O–H groups in total. The van der Waals surface area contributed by atoms with Crippen molar-refractivity contribution in [3.8, 4) is 46.0 Å². The first-order valence-electron chi connectivity index (χ1n) is 37.5. The molecule has 0 saturated carbocycles. The summed E-state index contributed by atoms with van der Waals surface area (Å²) in [7, 11) is -6.84. The largest absolute Gasteiger partial charge is 0.484 e. The van der Waals surface area contributed by atoms with Crippen LogP contribution in [0.15, 0.2) is 72.8 Å². The Balaban J connectivity index is 2.62. The fraction of sp³-hybridized carbons (Fsp3) is 0.727. The van der Waals surface area contributed by atoms with Gasteiger partial charge in [0.1, 0.15) is 44.8 Å². The zero-order valence-electron chi connectivity index (χ0n) is 71.4. The fourth-order valence-corrected chi connectivity index (χ4v) is 24.3. The van der Waals surface area contributed by atoms with Crippen LogP contribution in [0.3, 0.4) is 0 Å². The number of hydrogen-bond acceptors (Lipinski definition) is 9. The molecule has 0 unspecified atom stereocenters.